The van der Waals surface area contributed by atoms with E-state index < -0.39 is 19.5 Å². The molecule has 0 saturated carbocycles. The van der Waals surface area contributed by atoms with Crippen LogP contribution < -0.4 is 8.51 Å². The Morgan fingerprint density at radius 1 is 0.964 bits per heavy atom. The number of allylic oxidation sites excluding steroid dienone is 5. The van der Waals surface area contributed by atoms with Crippen LogP contribution in [-0.4, -0.2) is 58.0 Å². The number of rotatable bonds is 2. The van der Waals surface area contributed by atoms with Crippen molar-refractivity contribution >= 4 is 40.1 Å². The summed E-state index contributed by atoms with van der Waals surface area (Å²) in [4.78, 5) is 2.08. The number of aryl methyl sites for hydroxylation is 1. The Kier molecular flexibility index (Phi) is 4.95. The third-order valence-corrected chi connectivity index (χ3v) is 9.52. The second kappa shape index (κ2) is 7.28. The van der Waals surface area contributed by atoms with Crippen LogP contribution in [0.5, 0.6) is 0 Å². The van der Waals surface area contributed by atoms with Crippen LogP contribution in [0.1, 0.15) is 16.7 Å². The third-order valence-electron chi connectivity index (χ3n) is 5.32. The fourth-order valence-electron chi connectivity index (χ4n) is 3.71. The van der Waals surface area contributed by atoms with Crippen LogP contribution in [0.2, 0.25) is 0 Å². The molecule has 1 heterocycles. The van der Waals surface area contributed by atoms with Gasteiger partial charge < -0.3 is 0 Å². The van der Waals surface area contributed by atoms with E-state index in [4.69, 9.17) is 0 Å². The van der Waals surface area contributed by atoms with Crippen molar-refractivity contribution in [3.8, 4) is 0 Å². The molecule has 0 N–H and O–H groups in total. The Labute approximate surface area is 174 Å². The number of nitrogens with zero attached hydrogens (tertiary/aromatic N) is 2. The van der Waals surface area contributed by atoms with Crippen molar-refractivity contribution in [3.63, 3.8) is 0 Å². The van der Waals surface area contributed by atoms with Crippen LogP contribution in [-0.2, 0) is 3.10 Å². The van der Waals surface area contributed by atoms with Gasteiger partial charge in [0.05, 0.1) is 0 Å². The molecule has 0 saturated heterocycles. The molecule has 2 aliphatic rings. The summed E-state index contributed by atoms with van der Waals surface area (Å²) in [5.41, 5.74) is 8.08. The van der Waals surface area contributed by atoms with Crippen molar-refractivity contribution in [3.05, 3.63) is 86.6 Å². The third kappa shape index (κ3) is 3.11. The predicted molar refractivity (Wildman–Crippen MR) is 118 cm³/mol. The number of hydrogen-bond donors (Lipinski definition) is 0. The molecule has 0 atom stereocenters. The normalized spacial score (nSPS) is 15.9. The number of hydrogen-bond acceptors (Lipinski definition) is 2. The van der Waals surface area contributed by atoms with Crippen LogP contribution in [0.15, 0.2) is 69.9 Å². The quantitative estimate of drug-likeness (QED) is 0.482. The fourth-order valence-corrected chi connectivity index (χ4v) is 7.79. The van der Waals surface area contributed by atoms with Crippen molar-refractivity contribution < 1.29 is 7.68 Å². The summed E-state index contributed by atoms with van der Waals surface area (Å²) in [7, 11) is 8.11. The Morgan fingerprint density at radius 3 is 2.39 bits per heavy atom. The second-order valence-electron chi connectivity index (χ2n) is 7.61. The first-order valence-electron chi connectivity index (χ1n) is 9.36. The van der Waals surface area contributed by atoms with E-state index in [9.17, 15) is 3.10 Å². The maximum atomic E-state index is 13.7. The van der Waals surface area contributed by atoms with Crippen molar-refractivity contribution in [1.82, 2.24) is 0 Å². The van der Waals surface area contributed by atoms with Gasteiger partial charge in [-0.15, -0.1) is 0 Å². The van der Waals surface area contributed by atoms with E-state index in [-0.39, 0.29) is 0 Å². The molecular weight excluding hydrogens is 460 g/mol. The number of anilines is 1. The topological polar surface area (TPSA) is 23.3 Å². The molecule has 0 aromatic heterocycles. The molecule has 0 amide bonds. The molecule has 4 rings (SSSR count). The molecule has 0 radical (unpaired) electrons. The molecule has 3 nitrogen and oxygen atoms in total. The van der Waals surface area contributed by atoms with Crippen LogP contribution in [0.3, 0.4) is 0 Å². The molecule has 4 heteroatoms. The van der Waals surface area contributed by atoms with Gasteiger partial charge in [-0.3, -0.25) is 0 Å². The van der Waals surface area contributed by atoms with E-state index in [1.165, 1.54) is 16.7 Å². The molecule has 0 spiro atoms. The number of fused-ring (bicyclic) bond motifs is 2. The summed E-state index contributed by atoms with van der Waals surface area (Å²) in [5.74, 6) is 0. The van der Waals surface area contributed by atoms with Crippen molar-refractivity contribution in [2.45, 2.75) is 6.92 Å². The minimum atomic E-state index is -2.90. The van der Waals surface area contributed by atoms with Gasteiger partial charge >= 0.3 is 174 Å². The Hall–Kier alpha value is -2.28. The SMILES string of the molecule is Cc1ccccc1C1=C2C=CC(=[N+](C)C)C=C2[Te](=O)c2cc(N(C)C)ccc21. The fraction of sp³-hybridized carbons (Fsp3) is 0.208. The molecule has 0 bridgehead atoms. The van der Waals surface area contributed by atoms with Crippen LogP contribution in [0.4, 0.5) is 5.69 Å². The molecule has 0 unspecified atom stereocenters. The van der Waals surface area contributed by atoms with Crippen LogP contribution in [0.25, 0.3) is 5.57 Å². The van der Waals surface area contributed by atoms with E-state index in [0.29, 0.717) is 0 Å². The monoisotopic (exact) mass is 487 g/mol. The van der Waals surface area contributed by atoms with Gasteiger partial charge in [0.25, 0.3) is 0 Å². The molecule has 0 fully saturated rings. The summed E-state index contributed by atoms with van der Waals surface area (Å²) in [6, 6.07) is 14.9. The first-order chi connectivity index (χ1) is 13.4. The Morgan fingerprint density at radius 2 is 1.71 bits per heavy atom. The van der Waals surface area contributed by atoms with Crippen molar-refractivity contribution in [1.29, 1.82) is 0 Å². The maximum absolute atomic E-state index is 13.7. The summed E-state index contributed by atoms with van der Waals surface area (Å²) >= 11 is -2.90. The van der Waals surface area contributed by atoms with Gasteiger partial charge in [-0.05, 0) is 0 Å². The van der Waals surface area contributed by atoms with Gasteiger partial charge in [-0.25, -0.2) is 0 Å². The molecule has 2 aromatic carbocycles. The Bertz CT molecular complexity index is 1130. The summed E-state index contributed by atoms with van der Waals surface area (Å²) < 4.78 is 17.8. The second-order valence-corrected chi connectivity index (χ2v) is 11.7. The van der Waals surface area contributed by atoms with E-state index in [0.717, 1.165) is 29.8 Å². The van der Waals surface area contributed by atoms with E-state index in [1.54, 1.807) is 0 Å². The van der Waals surface area contributed by atoms with Gasteiger partial charge in [0.1, 0.15) is 0 Å². The average Bonchev–Trinajstić information content (AvgIpc) is 2.68. The van der Waals surface area contributed by atoms with E-state index in [2.05, 4.69) is 77.1 Å². The summed E-state index contributed by atoms with van der Waals surface area (Å²) in [5, 5.41) is 0. The van der Waals surface area contributed by atoms with Gasteiger partial charge in [-0.1, -0.05) is 0 Å². The van der Waals surface area contributed by atoms with Crippen molar-refractivity contribution in [2.24, 2.45) is 0 Å². The Balaban J connectivity index is 2.07. The zero-order valence-corrected chi connectivity index (χ0v) is 19.3. The van der Waals surface area contributed by atoms with Crippen molar-refractivity contribution in [2.75, 3.05) is 33.1 Å². The molecule has 1 aliphatic carbocycles. The minimum absolute atomic E-state index is 1.02. The standard InChI is InChI=1S/C24H25N2OTe/c1-16-8-6-7-9-19(16)24-20-12-10-17(25(2)3)14-22(20)28(27)23-15-18(26(4)5)11-13-21(23)24/h6-15H,1-5H3/q+1. The molecular formula is C24H25N2OTe+. The predicted octanol–water partition coefficient (Wildman–Crippen LogP) is 3.25. The van der Waals surface area contributed by atoms with E-state index >= 15 is 0 Å². The molecule has 142 valence electrons. The zero-order valence-electron chi connectivity index (χ0n) is 17.0. The van der Waals surface area contributed by atoms with Gasteiger partial charge in [0.15, 0.2) is 0 Å². The first kappa shape index (κ1) is 19.1. The summed E-state index contributed by atoms with van der Waals surface area (Å²) in [6.45, 7) is 2.15. The number of benzene rings is 2. The van der Waals surface area contributed by atoms with Crippen LogP contribution >= 0.6 is 0 Å². The average molecular weight is 485 g/mol. The first-order valence-corrected chi connectivity index (χ1v) is 12.6. The van der Waals surface area contributed by atoms with E-state index in [1.807, 2.05) is 28.2 Å². The molecule has 1 aliphatic heterocycles. The van der Waals surface area contributed by atoms with Gasteiger partial charge in [0, 0.05) is 0 Å². The molecule has 28 heavy (non-hydrogen) atoms. The summed E-state index contributed by atoms with van der Waals surface area (Å²) in [6.07, 6.45) is 6.41. The molecule has 2 aromatic rings. The van der Waals surface area contributed by atoms with Gasteiger partial charge in [-0.2, -0.15) is 0 Å². The van der Waals surface area contributed by atoms with Gasteiger partial charge in [0.2, 0.25) is 0 Å². The van der Waals surface area contributed by atoms with Crippen LogP contribution in [0, 0.1) is 6.92 Å². The zero-order chi connectivity index (χ0) is 20.0.